The lowest BCUT2D eigenvalue weighted by Gasteiger charge is -2.42. The van der Waals surface area contributed by atoms with Gasteiger partial charge in [-0.15, -0.1) is 0 Å². The third kappa shape index (κ3) is 4.60. The summed E-state index contributed by atoms with van der Waals surface area (Å²) in [5.74, 6) is 0. The molecule has 0 bridgehead atoms. The summed E-state index contributed by atoms with van der Waals surface area (Å²) in [6, 6.07) is 0.357. The van der Waals surface area contributed by atoms with Crippen LogP contribution in [0.3, 0.4) is 0 Å². The van der Waals surface area contributed by atoms with Crippen LogP contribution in [0.4, 0.5) is 0 Å². The van der Waals surface area contributed by atoms with Gasteiger partial charge in [-0.3, -0.25) is 14.0 Å². The zero-order chi connectivity index (χ0) is 15.7. The standard InChI is InChI=1S/C11H24N2O6P2/c14-20(15,16)11(21(17,18)19)13-8-4-10(5-9-13)12-6-2-1-3-7-12/h10-11H,1-9H2,(H2,14,15,16)(H2,17,18,19). The Hall–Kier alpha value is 0.220. The van der Waals surface area contributed by atoms with Crippen LogP contribution in [0.15, 0.2) is 0 Å². The minimum absolute atomic E-state index is 0.308. The molecule has 21 heavy (non-hydrogen) atoms. The Labute approximate surface area is 124 Å². The first-order valence-corrected chi connectivity index (χ1v) is 10.6. The average molecular weight is 342 g/mol. The zero-order valence-corrected chi connectivity index (χ0v) is 13.7. The second-order valence-corrected chi connectivity index (χ2v) is 9.63. The van der Waals surface area contributed by atoms with Crippen molar-refractivity contribution in [3.05, 3.63) is 0 Å². The Balaban J connectivity index is 1.98. The molecule has 2 fully saturated rings. The Bertz CT molecular complexity index is 414. The zero-order valence-electron chi connectivity index (χ0n) is 11.9. The molecule has 2 heterocycles. The largest absolute Gasteiger partial charge is 0.354 e. The monoisotopic (exact) mass is 342 g/mol. The molecule has 0 aromatic rings. The first-order valence-electron chi connectivity index (χ1n) is 7.28. The fourth-order valence-corrected chi connectivity index (χ4v) is 6.27. The molecule has 2 aliphatic heterocycles. The maximum absolute atomic E-state index is 11.4. The molecular formula is C11H24N2O6P2. The summed E-state index contributed by atoms with van der Waals surface area (Å²) in [4.78, 5) is 40.6. The van der Waals surface area contributed by atoms with E-state index in [1.807, 2.05) is 0 Å². The van der Waals surface area contributed by atoms with E-state index in [1.54, 1.807) is 0 Å². The molecule has 0 aromatic heterocycles. The number of nitrogens with zero attached hydrogens (tertiary/aromatic N) is 2. The van der Waals surface area contributed by atoms with Crippen LogP contribution in [-0.2, 0) is 9.13 Å². The molecule has 4 N–H and O–H groups in total. The third-order valence-corrected chi connectivity index (χ3v) is 8.00. The molecule has 0 atom stereocenters. The SMILES string of the molecule is O=P(O)(O)C(N1CCC(N2CCCCC2)CC1)P(=O)(O)O. The highest BCUT2D eigenvalue weighted by atomic mass is 31.2. The van der Waals surface area contributed by atoms with E-state index >= 15 is 0 Å². The summed E-state index contributed by atoms with van der Waals surface area (Å²) in [7, 11) is -9.74. The van der Waals surface area contributed by atoms with Gasteiger partial charge in [0.15, 0.2) is 0 Å². The lowest BCUT2D eigenvalue weighted by atomic mass is 10.0. The Kier molecular flexibility index (Phi) is 5.66. The predicted octanol–water partition coefficient (Wildman–Crippen LogP) is 0.576. The van der Waals surface area contributed by atoms with E-state index in [1.165, 1.54) is 24.2 Å². The molecule has 0 amide bonds. The minimum Gasteiger partial charge on any atom is -0.323 e. The van der Waals surface area contributed by atoms with Crippen LogP contribution >= 0.6 is 15.2 Å². The topological polar surface area (TPSA) is 122 Å². The van der Waals surface area contributed by atoms with Gasteiger partial charge in [0.25, 0.3) is 0 Å². The lowest BCUT2D eigenvalue weighted by molar-refractivity contribution is 0.0887. The number of piperidine rings is 2. The van der Waals surface area contributed by atoms with Crippen molar-refractivity contribution in [2.24, 2.45) is 0 Å². The summed E-state index contributed by atoms with van der Waals surface area (Å²) in [6.45, 7) is 2.71. The van der Waals surface area contributed by atoms with Gasteiger partial charge >= 0.3 is 15.2 Å². The summed E-state index contributed by atoms with van der Waals surface area (Å²) in [5, 5.41) is 0. The van der Waals surface area contributed by atoms with Crippen LogP contribution in [0, 0.1) is 0 Å². The van der Waals surface area contributed by atoms with Crippen LogP contribution < -0.4 is 0 Å². The summed E-state index contributed by atoms with van der Waals surface area (Å²) in [5.41, 5.74) is -1.99. The van der Waals surface area contributed by atoms with Crippen molar-refractivity contribution in [1.29, 1.82) is 0 Å². The normalized spacial score (nSPS) is 24.6. The second kappa shape index (κ2) is 6.77. The number of hydrogen-bond acceptors (Lipinski definition) is 4. The summed E-state index contributed by atoms with van der Waals surface area (Å²) in [6.07, 6.45) is 4.97. The maximum Gasteiger partial charge on any atom is 0.354 e. The highest BCUT2D eigenvalue weighted by Crippen LogP contribution is 2.61. The molecular weight excluding hydrogens is 318 g/mol. The van der Waals surface area contributed by atoms with E-state index in [0.29, 0.717) is 32.0 Å². The first-order chi connectivity index (χ1) is 9.69. The van der Waals surface area contributed by atoms with Gasteiger partial charge < -0.3 is 24.5 Å². The van der Waals surface area contributed by atoms with Gasteiger partial charge in [0.05, 0.1) is 0 Å². The number of hydrogen-bond donors (Lipinski definition) is 4. The van der Waals surface area contributed by atoms with Crippen LogP contribution in [0.25, 0.3) is 0 Å². The highest BCUT2D eigenvalue weighted by Gasteiger charge is 2.48. The number of rotatable bonds is 4. The van der Waals surface area contributed by atoms with Crippen LogP contribution in [0.1, 0.15) is 32.1 Å². The van der Waals surface area contributed by atoms with E-state index in [2.05, 4.69) is 4.90 Å². The van der Waals surface area contributed by atoms with Gasteiger partial charge in [-0.2, -0.15) is 0 Å². The first kappa shape index (κ1) is 17.6. The van der Waals surface area contributed by atoms with Crippen LogP contribution in [0.5, 0.6) is 0 Å². The van der Waals surface area contributed by atoms with Crippen molar-refractivity contribution in [1.82, 2.24) is 9.80 Å². The van der Waals surface area contributed by atoms with Crippen LogP contribution in [0.2, 0.25) is 0 Å². The van der Waals surface area contributed by atoms with Gasteiger partial charge in [-0.1, -0.05) is 6.42 Å². The van der Waals surface area contributed by atoms with E-state index < -0.39 is 20.7 Å². The highest BCUT2D eigenvalue weighted by molar-refractivity contribution is 7.70. The number of likely N-dealkylation sites (tertiary alicyclic amines) is 2. The van der Waals surface area contributed by atoms with Gasteiger partial charge in [0.1, 0.15) is 0 Å². The molecule has 2 aliphatic rings. The van der Waals surface area contributed by atoms with Crippen molar-refractivity contribution in [3.63, 3.8) is 0 Å². The van der Waals surface area contributed by atoms with Crippen molar-refractivity contribution in [2.45, 2.75) is 43.7 Å². The molecule has 124 valence electrons. The Morgan fingerprint density at radius 2 is 1.29 bits per heavy atom. The van der Waals surface area contributed by atoms with Crippen molar-refractivity contribution >= 4 is 15.2 Å². The molecule has 2 rings (SSSR count). The van der Waals surface area contributed by atoms with Crippen molar-refractivity contribution in [3.8, 4) is 0 Å². The van der Waals surface area contributed by atoms with E-state index in [9.17, 15) is 28.7 Å². The van der Waals surface area contributed by atoms with Crippen molar-refractivity contribution in [2.75, 3.05) is 26.2 Å². The smallest absolute Gasteiger partial charge is 0.323 e. The molecule has 10 heteroatoms. The second-order valence-electron chi connectivity index (χ2n) is 5.89. The van der Waals surface area contributed by atoms with Gasteiger partial charge in [0, 0.05) is 19.1 Å². The average Bonchev–Trinajstić information content (AvgIpc) is 2.37. The molecule has 0 saturated carbocycles. The summed E-state index contributed by atoms with van der Waals surface area (Å²) < 4.78 is 22.8. The third-order valence-electron chi connectivity index (χ3n) is 4.33. The quantitative estimate of drug-likeness (QED) is 0.547. The predicted molar refractivity (Wildman–Crippen MR) is 77.9 cm³/mol. The van der Waals surface area contributed by atoms with Crippen molar-refractivity contribution < 1.29 is 28.7 Å². The molecule has 2 saturated heterocycles. The maximum atomic E-state index is 11.4. The van der Waals surface area contributed by atoms with Crippen LogP contribution in [-0.4, -0.2) is 67.1 Å². The molecule has 0 aliphatic carbocycles. The Morgan fingerprint density at radius 1 is 0.810 bits per heavy atom. The Morgan fingerprint density at radius 3 is 1.71 bits per heavy atom. The lowest BCUT2D eigenvalue weighted by Crippen LogP contribution is -2.49. The fraction of sp³-hybridized carbons (Fsp3) is 1.00. The minimum atomic E-state index is -4.87. The summed E-state index contributed by atoms with van der Waals surface area (Å²) >= 11 is 0. The van der Waals surface area contributed by atoms with E-state index in [4.69, 9.17) is 0 Å². The van der Waals surface area contributed by atoms with Gasteiger partial charge in [-0.25, -0.2) is 0 Å². The van der Waals surface area contributed by atoms with Gasteiger partial charge in [-0.05, 0) is 38.8 Å². The molecule has 0 spiro atoms. The molecule has 0 aromatic carbocycles. The molecule has 8 nitrogen and oxygen atoms in total. The van der Waals surface area contributed by atoms with E-state index in [0.717, 1.165) is 13.1 Å². The van der Waals surface area contributed by atoms with E-state index in [-0.39, 0.29) is 0 Å². The molecule has 0 radical (unpaired) electrons. The fourth-order valence-electron chi connectivity index (χ4n) is 3.39. The van der Waals surface area contributed by atoms with Gasteiger partial charge in [0.2, 0.25) is 5.52 Å². The molecule has 0 unspecified atom stereocenters.